The maximum Gasteiger partial charge on any atom is 0.360 e. The van der Waals surface area contributed by atoms with Gasteiger partial charge in [0.15, 0.2) is 19.8 Å². The number of hydrogen-bond acceptors (Lipinski definition) is 6. The van der Waals surface area contributed by atoms with E-state index in [9.17, 15) is 9.59 Å². The smallest absolute Gasteiger partial charge is 0.360 e. The fraction of sp³-hybridized carbons (Fsp3) is 0.647. The lowest BCUT2D eigenvalue weighted by Gasteiger charge is -2.37. The first-order valence-corrected chi connectivity index (χ1v) is 11.1. The molecule has 0 fully saturated rings. The molecule has 0 spiro atoms. The zero-order chi connectivity index (χ0) is 19.6. The number of carbonyl (C=O) groups is 1. The molecule has 0 bridgehead atoms. The molecule has 1 unspecified atom stereocenters. The summed E-state index contributed by atoms with van der Waals surface area (Å²) in [6, 6.07) is 1.38. The first-order valence-electron chi connectivity index (χ1n) is 8.18. The van der Waals surface area contributed by atoms with Crippen LogP contribution in [0.3, 0.4) is 0 Å². The summed E-state index contributed by atoms with van der Waals surface area (Å²) in [5.74, 6) is 5.05. The summed E-state index contributed by atoms with van der Waals surface area (Å²) in [4.78, 5) is 24.3. The van der Waals surface area contributed by atoms with Crippen molar-refractivity contribution in [1.29, 1.82) is 0 Å². The molecule has 0 radical (unpaired) electrons. The maximum atomic E-state index is 12.3. The molecule has 25 heavy (non-hydrogen) atoms. The van der Waals surface area contributed by atoms with E-state index in [-0.39, 0.29) is 22.4 Å². The van der Waals surface area contributed by atoms with Crippen molar-refractivity contribution in [2.24, 2.45) is 0 Å². The minimum Gasteiger partial charge on any atom is -0.490 e. The molecule has 142 valence electrons. The van der Waals surface area contributed by atoms with Crippen molar-refractivity contribution in [2.45, 2.75) is 51.7 Å². The highest BCUT2D eigenvalue weighted by molar-refractivity contribution is 6.74. The lowest BCUT2D eigenvalue weighted by Crippen LogP contribution is -2.42. The molecule has 0 saturated heterocycles. The molecule has 2 N–H and O–H groups in total. The lowest BCUT2D eigenvalue weighted by atomic mass is 10.1. The molecule has 0 aliphatic heterocycles. The minimum absolute atomic E-state index is 0.0756. The molecule has 0 amide bonds. The molecule has 1 rings (SSSR count). The predicted molar refractivity (Wildman–Crippen MR) is 100 cm³/mol. The first-order chi connectivity index (χ1) is 11.4. The molecule has 1 atom stereocenters. The summed E-state index contributed by atoms with van der Waals surface area (Å²) in [7, 11) is 0.601. The molecule has 0 aromatic carbocycles. The Kier molecular flexibility index (Phi) is 6.47. The molecular formula is C17H30N2O5Si. The van der Waals surface area contributed by atoms with Gasteiger partial charge in [0.2, 0.25) is 5.43 Å². The topological polar surface area (TPSA) is 92.8 Å². The average Bonchev–Trinajstić information content (AvgIpc) is 2.52. The van der Waals surface area contributed by atoms with E-state index in [1.54, 1.807) is 0 Å². The van der Waals surface area contributed by atoms with Gasteiger partial charge in [-0.05, 0) is 18.1 Å². The number of esters is 1. The fourth-order valence-corrected chi connectivity index (χ4v) is 3.22. The molecule has 0 aliphatic rings. The quantitative estimate of drug-likeness (QED) is 0.470. The SMILES string of the molecule is COC(=O)c1c(OC)c(=O)cc(C(C)CO[Si](C)(C)C(C)(C)C)n1N. The highest BCUT2D eigenvalue weighted by Crippen LogP contribution is 2.37. The largest absolute Gasteiger partial charge is 0.490 e. The van der Waals surface area contributed by atoms with Gasteiger partial charge in [0.25, 0.3) is 0 Å². The Hall–Kier alpha value is -1.80. The lowest BCUT2D eigenvalue weighted by molar-refractivity contribution is 0.0584. The zero-order valence-corrected chi connectivity index (χ0v) is 17.4. The van der Waals surface area contributed by atoms with Gasteiger partial charge in [-0.3, -0.25) is 9.47 Å². The Morgan fingerprint density at radius 1 is 1.32 bits per heavy atom. The average molecular weight is 371 g/mol. The summed E-state index contributed by atoms with van der Waals surface area (Å²) < 4.78 is 17.1. The van der Waals surface area contributed by atoms with E-state index >= 15 is 0 Å². The van der Waals surface area contributed by atoms with Crippen molar-refractivity contribution in [2.75, 3.05) is 26.7 Å². The molecular weight excluding hydrogens is 340 g/mol. The maximum absolute atomic E-state index is 12.3. The van der Waals surface area contributed by atoms with Gasteiger partial charge >= 0.3 is 5.97 Å². The number of rotatable bonds is 6. The van der Waals surface area contributed by atoms with Crippen molar-refractivity contribution < 1.29 is 18.7 Å². The van der Waals surface area contributed by atoms with Crippen molar-refractivity contribution in [3.05, 3.63) is 27.7 Å². The summed E-state index contributed by atoms with van der Waals surface area (Å²) in [5, 5.41) is 0.0756. The van der Waals surface area contributed by atoms with E-state index in [0.29, 0.717) is 12.3 Å². The highest BCUT2D eigenvalue weighted by Gasteiger charge is 2.37. The molecule has 7 nitrogen and oxygen atoms in total. The van der Waals surface area contributed by atoms with Gasteiger partial charge in [-0.1, -0.05) is 27.7 Å². The van der Waals surface area contributed by atoms with Crippen LogP contribution < -0.4 is 16.0 Å². The molecule has 0 saturated carbocycles. The minimum atomic E-state index is -1.94. The van der Waals surface area contributed by atoms with Gasteiger partial charge in [0, 0.05) is 24.3 Å². The van der Waals surface area contributed by atoms with Crippen LogP contribution in [0.5, 0.6) is 5.75 Å². The number of pyridine rings is 1. The fourth-order valence-electron chi connectivity index (χ4n) is 2.12. The Morgan fingerprint density at radius 3 is 2.32 bits per heavy atom. The van der Waals surface area contributed by atoms with Gasteiger partial charge in [-0.25, -0.2) is 4.79 Å². The standard InChI is InChI=1S/C17H30N2O5Si/c1-11(10-24-25(7,8)17(2,3)4)12-9-13(20)15(22-5)14(19(12)18)16(21)23-6/h9,11H,10,18H2,1-8H3. The second-order valence-corrected chi connectivity index (χ2v) is 12.5. The first kappa shape index (κ1) is 21.2. The molecule has 1 aromatic rings. The number of carbonyl (C=O) groups excluding carboxylic acids is 1. The van der Waals surface area contributed by atoms with Crippen LogP contribution in [0.1, 0.15) is 49.8 Å². The van der Waals surface area contributed by atoms with E-state index in [4.69, 9.17) is 19.7 Å². The zero-order valence-electron chi connectivity index (χ0n) is 16.4. The number of aromatic nitrogens is 1. The van der Waals surface area contributed by atoms with Crippen LogP contribution in [0.4, 0.5) is 0 Å². The van der Waals surface area contributed by atoms with E-state index in [1.807, 2.05) is 6.92 Å². The van der Waals surface area contributed by atoms with Crippen LogP contribution in [0.15, 0.2) is 10.9 Å². The summed E-state index contributed by atoms with van der Waals surface area (Å²) >= 11 is 0. The Balaban J connectivity index is 3.24. The predicted octanol–water partition coefficient (Wildman–Crippen LogP) is 2.48. The van der Waals surface area contributed by atoms with Gasteiger partial charge in [0.05, 0.1) is 14.2 Å². The second-order valence-electron chi connectivity index (χ2n) is 7.65. The van der Waals surface area contributed by atoms with Crippen molar-refractivity contribution in [1.82, 2.24) is 4.68 Å². The number of nitrogen functional groups attached to an aromatic ring is 1. The number of nitrogens with two attached hydrogens (primary N) is 1. The number of hydrogen-bond donors (Lipinski definition) is 1. The number of nitrogens with zero attached hydrogens (tertiary/aromatic N) is 1. The van der Waals surface area contributed by atoms with Gasteiger partial charge in [0.1, 0.15) is 0 Å². The van der Waals surface area contributed by atoms with E-state index < -0.39 is 19.7 Å². The molecule has 1 aromatic heterocycles. The summed E-state index contributed by atoms with van der Waals surface area (Å²) in [6.07, 6.45) is 0. The van der Waals surface area contributed by atoms with Crippen LogP contribution >= 0.6 is 0 Å². The monoisotopic (exact) mass is 370 g/mol. The van der Waals surface area contributed by atoms with Gasteiger partial charge < -0.3 is 19.7 Å². The Bertz CT molecular complexity index is 692. The third kappa shape index (κ3) is 4.43. The number of methoxy groups -OCH3 is 2. The second kappa shape index (κ2) is 7.61. The van der Waals surface area contributed by atoms with E-state index in [1.165, 1.54) is 20.3 Å². The molecule has 8 heteroatoms. The third-order valence-corrected chi connectivity index (χ3v) is 9.33. The highest BCUT2D eigenvalue weighted by atomic mass is 28.4. The van der Waals surface area contributed by atoms with E-state index in [0.717, 1.165) is 4.68 Å². The van der Waals surface area contributed by atoms with Crippen LogP contribution in [0.25, 0.3) is 0 Å². The third-order valence-electron chi connectivity index (χ3n) is 4.83. The van der Waals surface area contributed by atoms with Crippen molar-refractivity contribution in [3.8, 4) is 5.75 Å². The summed E-state index contributed by atoms with van der Waals surface area (Å²) in [6.45, 7) is 13.1. The summed E-state index contributed by atoms with van der Waals surface area (Å²) in [5.41, 5.74) is -0.0321. The van der Waals surface area contributed by atoms with Crippen molar-refractivity contribution in [3.63, 3.8) is 0 Å². The van der Waals surface area contributed by atoms with Gasteiger partial charge in [-0.15, -0.1) is 0 Å². The number of ether oxygens (including phenoxy) is 2. The Morgan fingerprint density at radius 2 is 1.88 bits per heavy atom. The Labute approximate surface area is 150 Å². The van der Waals surface area contributed by atoms with E-state index in [2.05, 4.69) is 33.9 Å². The molecule has 0 aliphatic carbocycles. The van der Waals surface area contributed by atoms with Crippen LogP contribution in [0, 0.1) is 0 Å². The van der Waals surface area contributed by atoms with Crippen LogP contribution in [-0.2, 0) is 9.16 Å². The van der Waals surface area contributed by atoms with Crippen molar-refractivity contribution >= 4 is 14.3 Å². The van der Waals surface area contributed by atoms with Crippen LogP contribution in [0.2, 0.25) is 18.1 Å². The van der Waals surface area contributed by atoms with Gasteiger partial charge in [-0.2, -0.15) is 0 Å². The van der Waals surface area contributed by atoms with Crippen LogP contribution in [-0.4, -0.2) is 39.8 Å². The normalized spacial score (nSPS) is 13.4. The molecule has 1 heterocycles.